The van der Waals surface area contributed by atoms with E-state index in [-0.39, 0.29) is 0 Å². The minimum atomic E-state index is -0.771. The van der Waals surface area contributed by atoms with Gasteiger partial charge in [0.1, 0.15) is 0 Å². The molecule has 100 valence electrons. The summed E-state index contributed by atoms with van der Waals surface area (Å²) in [5, 5.41) is 0. The second-order valence-corrected chi connectivity index (χ2v) is 4.77. The van der Waals surface area contributed by atoms with Crippen LogP contribution in [0.3, 0.4) is 0 Å². The first-order valence-electron chi connectivity index (χ1n) is 6.43. The van der Waals surface area contributed by atoms with E-state index in [1.807, 2.05) is 6.92 Å². The van der Waals surface area contributed by atoms with Crippen LogP contribution in [0.4, 0.5) is 8.78 Å². The Hall–Kier alpha value is -1.00. The molecule has 1 aliphatic heterocycles. The van der Waals surface area contributed by atoms with Gasteiger partial charge in [0.15, 0.2) is 11.6 Å². The Balaban J connectivity index is 1.98. The lowest BCUT2D eigenvalue weighted by molar-refractivity contribution is 0.166. The van der Waals surface area contributed by atoms with Crippen molar-refractivity contribution in [2.24, 2.45) is 5.92 Å². The van der Waals surface area contributed by atoms with Gasteiger partial charge in [0, 0.05) is 25.3 Å². The van der Waals surface area contributed by atoms with Crippen molar-refractivity contribution in [2.75, 3.05) is 26.3 Å². The highest BCUT2D eigenvalue weighted by Gasteiger charge is 2.19. The van der Waals surface area contributed by atoms with Gasteiger partial charge in [-0.05, 0) is 24.9 Å². The monoisotopic (exact) mass is 255 g/mol. The number of benzene rings is 1. The van der Waals surface area contributed by atoms with Crippen LogP contribution in [0, 0.1) is 17.6 Å². The molecular weight excluding hydrogens is 236 g/mol. The second-order valence-electron chi connectivity index (χ2n) is 4.77. The van der Waals surface area contributed by atoms with Gasteiger partial charge < -0.3 is 4.74 Å². The Labute approximate surface area is 107 Å². The smallest absolute Gasteiger partial charge is 0.163 e. The third-order valence-electron chi connectivity index (χ3n) is 3.41. The van der Waals surface area contributed by atoms with Crippen molar-refractivity contribution in [3.05, 3.63) is 35.4 Å². The van der Waals surface area contributed by atoms with E-state index in [0.717, 1.165) is 38.8 Å². The molecule has 2 nitrogen and oxygen atoms in total. The van der Waals surface area contributed by atoms with E-state index < -0.39 is 11.6 Å². The summed E-state index contributed by atoms with van der Waals surface area (Å²) in [6.45, 7) is 5.79. The minimum absolute atomic E-state index is 0.427. The molecule has 18 heavy (non-hydrogen) atoms. The average Bonchev–Trinajstić information content (AvgIpc) is 2.86. The summed E-state index contributed by atoms with van der Waals surface area (Å²) in [6.07, 6.45) is 1.06. The van der Waals surface area contributed by atoms with E-state index in [1.165, 1.54) is 0 Å². The number of halogens is 2. The molecular formula is C14H19F2NO. The molecule has 2 rings (SSSR count). The largest absolute Gasteiger partial charge is 0.381 e. The highest BCUT2D eigenvalue weighted by Crippen LogP contribution is 2.17. The molecule has 0 spiro atoms. The summed E-state index contributed by atoms with van der Waals surface area (Å²) in [6, 6.07) is 4.35. The molecule has 0 saturated carbocycles. The minimum Gasteiger partial charge on any atom is -0.381 e. The SMILES string of the molecule is CCN(Cc1cccc(F)c1F)C[C@H]1CCOC1. The molecule has 0 amide bonds. The van der Waals surface area contributed by atoms with Crippen LogP contribution < -0.4 is 0 Å². The summed E-state index contributed by atoms with van der Waals surface area (Å²) in [4.78, 5) is 2.14. The Bertz CT molecular complexity index is 391. The van der Waals surface area contributed by atoms with Gasteiger partial charge in [-0.3, -0.25) is 4.90 Å². The number of ether oxygens (including phenoxy) is 1. The number of hydrogen-bond acceptors (Lipinski definition) is 2. The molecule has 1 atom stereocenters. The molecule has 0 aromatic heterocycles. The van der Waals surface area contributed by atoms with Crippen molar-refractivity contribution in [1.29, 1.82) is 0 Å². The Kier molecular flexibility index (Phi) is 4.66. The van der Waals surface area contributed by atoms with Crippen LogP contribution in [0.1, 0.15) is 18.9 Å². The van der Waals surface area contributed by atoms with Crippen LogP contribution in [-0.2, 0) is 11.3 Å². The zero-order valence-corrected chi connectivity index (χ0v) is 10.7. The number of rotatable bonds is 5. The van der Waals surface area contributed by atoms with Gasteiger partial charge in [-0.1, -0.05) is 19.1 Å². The maximum Gasteiger partial charge on any atom is 0.163 e. The third-order valence-corrected chi connectivity index (χ3v) is 3.41. The van der Waals surface area contributed by atoms with Crippen LogP contribution in [0.5, 0.6) is 0 Å². The van der Waals surface area contributed by atoms with Gasteiger partial charge in [0.05, 0.1) is 6.61 Å². The van der Waals surface area contributed by atoms with Crippen molar-refractivity contribution in [3.8, 4) is 0 Å². The molecule has 1 heterocycles. The molecule has 0 N–H and O–H groups in total. The van der Waals surface area contributed by atoms with Gasteiger partial charge in [0.25, 0.3) is 0 Å². The molecule has 0 bridgehead atoms. The van der Waals surface area contributed by atoms with Crippen molar-refractivity contribution in [2.45, 2.75) is 19.9 Å². The molecule has 1 fully saturated rings. The summed E-state index contributed by atoms with van der Waals surface area (Å²) < 4.78 is 32.0. The van der Waals surface area contributed by atoms with E-state index in [2.05, 4.69) is 4.90 Å². The normalized spacial score (nSPS) is 19.7. The first-order valence-corrected chi connectivity index (χ1v) is 6.43. The lowest BCUT2D eigenvalue weighted by atomic mass is 10.1. The van der Waals surface area contributed by atoms with Crippen LogP contribution in [0.2, 0.25) is 0 Å². The standard InChI is InChI=1S/C14H19F2NO/c1-2-17(8-11-6-7-18-10-11)9-12-4-3-5-13(15)14(12)16/h3-5,11H,2,6-10H2,1H3/t11-/m1/s1. The fourth-order valence-corrected chi connectivity index (χ4v) is 2.31. The van der Waals surface area contributed by atoms with Gasteiger partial charge in [0.2, 0.25) is 0 Å². The van der Waals surface area contributed by atoms with Crippen LogP contribution >= 0.6 is 0 Å². The maximum absolute atomic E-state index is 13.6. The molecule has 1 saturated heterocycles. The van der Waals surface area contributed by atoms with Gasteiger partial charge in [-0.2, -0.15) is 0 Å². The molecule has 1 aliphatic rings. The topological polar surface area (TPSA) is 12.5 Å². The molecule has 0 aliphatic carbocycles. The van der Waals surface area contributed by atoms with Gasteiger partial charge in [-0.25, -0.2) is 8.78 Å². The van der Waals surface area contributed by atoms with E-state index in [9.17, 15) is 8.78 Å². The average molecular weight is 255 g/mol. The number of nitrogens with zero attached hydrogens (tertiary/aromatic N) is 1. The summed E-state index contributed by atoms with van der Waals surface area (Å²) in [5.74, 6) is -0.979. The predicted octanol–water partition coefficient (Wildman–Crippen LogP) is 2.82. The first kappa shape index (κ1) is 13.4. The van der Waals surface area contributed by atoms with E-state index >= 15 is 0 Å². The molecule has 0 radical (unpaired) electrons. The highest BCUT2D eigenvalue weighted by molar-refractivity contribution is 5.18. The van der Waals surface area contributed by atoms with Crippen LogP contribution in [-0.4, -0.2) is 31.2 Å². The Morgan fingerprint density at radius 3 is 2.89 bits per heavy atom. The third kappa shape index (κ3) is 3.27. The summed E-state index contributed by atoms with van der Waals surface area (Å²) in [5.41, 5.74) is 0.427. The quantitative estimate of drug-likeness (QED) is 0.802. The fourth-order valence-electron chi connectivity index (χ4n) is 2.31. The summed E-state index contributed by atoms with van der Waals surface area (Å²) >= 11 is 0. The Morgan fingerprint density at radius 1 is 1.39 bits per heavy atom. The summed E-state index contributed by atoms with van der Waals surface area (Å²) in [7, 11) is 0. The van der Waals surface area contributed by atoms with E-state index in [0.29, 0.717) is 18.0 Å². The molecule has 4 heteroatoms. The zero-order chi connectivity index (χ0) is 13.0. The lowest BCUT2D eigenvalue weighted by Gasteiger charge is -2.23. The maximum atomic E-state index is 13.6. The Morgan fingerprint density at radius 2 is 2.22 bits per heavy atom. The second kappa shape index (κ2) is 6.25. The molecule has 1 aromatic carbocycles. The zero-order valence-electron chi connectivity index (χ0n) is 10.7. The van der Waals surface area contributed by atoms with Gasteiger partial charge >= 0.3 is 0 Å². The van der Waals surface area contributed by atoms with E-state index in [4.69, 9.17) is 4.74 Å². The van der Waals surface area contributed by atoms with E-state index in [1.54, 1.807) is 12.1 Å². The lowest BCUT2D eigenvalue weighted by Crippen LogP contribution is -2.29. The highest BCUT2D eigenvalue weighted by atomic mass is 19.2. The first-order chi connectivity index (χ1) is 8.70. The molecule has 1 aromatic rings. The van der Waals surface area contributed by atoms with Crippen LogP contribution in [0.25, 0.3) is 0 Å². The van der Waals surface area contributed by atoms with Gasteiger partial charge in [-0.15, -0.1) is 0 Å². The van der Waals surface area contributed by atoms with Crippen LogP contribution in [0.15, 0.2) is 18.2 Å². The predicted molar refractivity (Wildman–Crippen MR) is 66.2 cm³/mol. The van der Waals surface area contributed by atoms with Crippen molar-refractivity contribution < 1.29 is 13.5 Å². The van der Waals surface area contributed by atoms with Crippen molar-refractivity contribution in [3.63, 3.8) is 0 Å². The van der Waals surface area contributed by atoms with Crippen molar-refractivity contribution >= 4 is 0 Å². The molecule has 0 unspecified atom stereocenters. The fraction of sp³-hybridized carbons (Fsp3) is 0.571. The van der Waals surface area contributed by atoms with Crippen molar-refractivity contribution in [1.82, 2.24) is 4.90 Å². The number of hydrogen-bond donors (Lipinski definition) is 0.